The van der Waals surface area contributed by atoms with Crippen molar-refractivity contribution in [1.29, 1.82) is 0 Å². The second-order valence-electron chi connectivity index (χ2n) is 10.5. The number of amides is 1. The zero-order valence-corrected chi connectivity index (χ0v) is 20.3. The number of nitrogens with one attached hydrogen (secondary N) is 1. The number of benzene rings is 1. The number of carbonyl (C=O) groups excluding carboxylic acids is 1. The van der Waals surface area contributed by atoms with Crippen molar-refractivity contribution in [3.05, 3.63) is 39.4 Å². The van der Waals surface area contributed by atoms with E-state index in [1.54, 1.807) is 27.7 Å². The molecule has 8 nitrogen and oxygen atoms in total. The normalized spacial score (nSPS) is 19.4. The molecule has 34 heavy (non-hydrogen) atoms. The van der Waals surface area contributed by atoms with Crippen LogP contribution in [0.15, 0.2) is 16.9 Å². The van der Waals surface area contributed by atoms with Crippen LogP contribution in [-0.4, -0.2) is 46.5 Å². The molecular formula is C25H32FN3O5. The van der Waals surface area contributed by atoms with E-state index in [-0.39, 0.29) is 23.6 Å². The number of aromatic carboxylic acids is 1. The van der Waals surface area contributed by atoms with Crippen LogP contribution in [-0.2, 0) is 4.74 Å². The summed E-state index contributed by atoms with van der Waals surface area (Å²) in [5.41, 5.74) is 0.180. The molecule has 0 radical (unpaired) electrons. The number of pyridine rings is 1. The first kappa shape index (κ1) is 24.0. The Morgan fingerprint density at radius 1 is 1.24 bits per heavy atom. The van der Waals surface area contributed by atoms with Crippen LogP contribution in [0.1, 0.15) is 68.9 Å². The van der Waals surface area contributed by atoms with Crippen molar-refractivity contribution in [2.75, 3.05) is 18.0 Å². The van der Waals surface area contributed by atoms with Gasteiger partial charge < -0.3 is 24.6 Å². The smallest absolute Gasteiger partial charge is 0.407 e. The Hall–Kier alpha value is -3.10. The Balaban J connectivity index is 1.65. The molecule has 2 N–H and O–H groups in total. The van der Waals surface area contributed by atoms with E-state index in [9.17, 15) is 19.5 Å². The molecule has 9 heteroatoms. The zero-order chi connectivity index (χ0) is 24.9. The molecule has 0 bridgehead atoms. The van der Waals surface area contributed by atoms with Gasteiger partial charge in [-0.15, -0.1) is 0 Å². The molecule has 2 aliphatic rings. The molecule has 1 aromatic heterocycles. The maximum Gasteiger partial charge on any atom is 0.407 e. The van der Waals surface area contributed by atoms with E-state index in [0.717, 1.165) is 19.3 Å². The molecule has 2 heterocycles. The van der Waals surface area contributed by atoms with E-state index >= 15 is 4.39 Å². The van der Waals surface area contributed by atoms with Gasteiger partial charge in [-0.3, -0.25) is 4.79 Å². The number of aryl methyl sites for hydroxylation is 1. The maximum absolute atomic E-state index is 15.4. The van der Waals surface area contributed by atoms with Crippen LogP contribution in [0.5, 0.6) is 0 Å². The summed E-state index contributed by atoms with van der Waals surface area (Å²) in [6.07, 6.45) is 1.88. The number of fused-ring (bicyclic) bond motifs is 1. The number of carboxylic acids is 1. The van der Waals surface area contributed by atoms with Gasteiger partial charge >= 0.3 is 12.1 Å². The van der Waals surface area contributed by atoms with Gasteiger partial charge in [0.1, 0.15) is 17.0 Å². The Bertz CT molecular complexity index is 1210. The van der Waals surface area contributed by atoms with Gasteiger partial charge in [0, 0.05) is 30.6 Å². The first-order chi connectivity index (χ1) is 15.9. The minimum atomic E-state index is -1.31. The fourth-order valence-electron chi connectivity index (χ4n) is 4.89. The highest BCUT2D eigenvalue weighted by atomic mass is 19.1. The number of alkyl carbamates (subject to hydrolysis) is 1. The summed E-state index contributed by atoms with van der Waals surface area (Å²) < 4.78 is 22.3. The van der Waals surface area contributed by atoms with Crippen LogP contribution in [0, 0.1) is 18.7 Å². The fourth-order valence-corrected chi connectivity index (χ4v) is 4.89. The van der Waals surface area contributed by atoms with Gasteiger partial charge in [0.15, 0.2) is 0 Å². The lowest BCUT2D eigenvalue weighted by Gasteiger charge is -2.26. The van der Waals surface area contributed by atoms with Crippen LogP contribution in [0.25, 0.3) is 10.9 Å². The standard InChI is InChI=1S/C25H32FN3O5/c1-13-20-16(10-18(23(31)32)22(30)29(20)17-6-7-17)11-19(26)21(13)28-9-8-15(12-28)14(2)27-24(33)34-25(3,4)5/h10-11,14-15,17H,6-9,12H2,1-5H3,(H,27,33)(H,31,32)/t14-,15?/m0/s1. The number of ether oxygens (including phenoxy) is 1. The lowest BCUT2D eigenvalue weighted by molar-refractivity contribution is 0.0494. The molecule has 1 unspecified atom stereocenters. The molecule has 2 aromatic rings. The SMILES string of the molecule is Cc1c(N2CCC([C@H](C)NC(=O)OC(C)(C)C)C2)c(F)cc2cc(C(=O)O)c(=O)n(C3CC3)c12. The summed E-state index contributed by atoms with van der Waals surface area (Å²) in [4.78, 5) is 38.7. The van der Waals surface area contributed by atoms with Crippen molar-refractivity contribution in [3.8, 4) is 0 Å². The van der Waals surface area contributed by atoms with Crippen LogP contribution >= 0.6 is 0 Å². The van der Waals surface area contributed by atoms with E-state index in [2.05, 4.69) is 5.32 Å². The van der Waals surface area contributed by atoms with Crippen LogP contribution in [0.4, 0.5) is 14.9 Å². The average Bonchev–Trinajstić information content (AvgIpc) is 3.42. The number of carboxylic acid groups (broad SMARTS) is 1. The highest BCUT2D eigenvalue weighted by Crippen LogP contribution is 2.40. The molecule has 1 aliphatic carbocycles. The summed E-state index contributed by atoms with van der Waals surface area (Å²) in [5.74, 6) is -1.66. The largest absolute Gasteiger partial charge is 0.477 e. The van der Waals surface area contributed by atoms with Gasteiger partial charge in [-0.2, -0.15) is 0 Å². The average molecular weight is 474 g/mol. The van der Waals surface area contributed by atoms with Gasteiger partial charge in [0.25, 0.3) is 5.56 Å². The number of halogens is 1. The van der Waals surface area contributed by atoms with Gasteiger partial charge in [-0.1, -0.05) is 0 Å². The molecule has 4 rings (SSSR count). The van der Waals surface area contributed by atoms with Crippen molar-refractivity contribution in [2.24, 2.45) is 5.92 Å². The third-order valence-corrected chi connectivity index (χ3v) is 6.62. The molecule has 1 amide bonds. The Labute approximate surface area is 197 Å². The summed E-state index contributed by atoms with van der Waals surface area (Å²) in [6, 6.07) is 2.39. The minimum Gasteiger partial charge on any atom is -0.477 e. The number of aromatic nitrogens is 1. The van der Waals surface area contributed by atoms with Crippen molar-refractivity contribution in [3.63, 3.8) is 0 Å². The van der Waals surface area contributed by atoms with E-state index < -0.39 is 29.0 Å². The van der Waals surface area contributed by atoms with Crippen molar-refractivity contribution >= 4 is 28.7 Å². The summed E-state index contributed by atoms with van der Waals surface area (Å²) in [7, 11) is 0. The summed E-state index contributed by atoms with van der Waals surface area (Å²) in [5, 5.41) is 12.8. The van der Waals surface area contributed by atoms with E-state index in [1.807, 2.05) is 11.8 Å². The Kier molecular flexibility index (Phi) is 6.08. The number of anilines is 1. The second-order valence-corrected chi connectivity index (χ2v) is 10.5. The first-order valence-electron chi connectivity index (χ1n) is 11.7. The topological polar surface area (TPSA) is 101 Å². The van der Waals surface area contributed by atoms with E-state index in [1.165, 1.54) is 16.7 Å². The quantitative estimate of drug-likeness (QED) is 0.674. The zero-order valence-electron chi connectivity index (χ0n) is 20.3. The number of carbonyl (C=O) groups is 2. The van der Waals surface area contributed by atoms with Crippen molar-refractivity contribution in [1.82, 2.24) is 9.88 Å². The predicted octanol–water partition coefficient (Wildman–Crippen LogP) is 4.22. The van der Waals surface area contributed by atoms with E-state index in [4.69, 9.17) is 4.74 Å². The summed E-state index contributed by atoms with van der Waals surface area (Å²) in [6.45, 7) is 10.3. The third-order valence-electron chi connectivity index (χ3n) is 6.62. The maximum atomic E-state index is 15.4. The highest BCUT2D eigenvalue weighted by Gasteiger charge is 2.34. The lowest BCUT2D eigenvalue weighted by atomic mass is 10.0. The van der Waals surface area contributed by atoms with E-state index in [0.29, 0.717) is 35.2 Å². The van der Waals surface area contributed by atoms with Crippen LogP contribution < -0.4 is 15.8 Å². The van der Waals surface area contributed by atoms with Crippen LogP contribution in [0.2, 0.25) is 0 Å². The molecule has 1 saturated carbocycles. The number of hydrogen-bond acceptors (Lipinski definition) is 5. The Morgan fingerprint density at radius 2 is 1.91 bits per heavy atom. The first-order valence-corrected chi connectivity index (χ1v) is 11.7. The third kappa shape index (κ3) is 4.60. The molecule has 1 aliphatic heterocycles. The molecule has 2 atom stereocenters. The molecule has 0 spiro atoms. The van der Waals surface area contributed by atoms with Gasteiger partial charge in [-0.05, 0) is 77.5 Å². The summed E-state index contributed by atoms with van der Waals surface area (Å²) >= 11 is 0. The van der Waals surface area contributed by atoms with Crippen molar-refractivity contribution in [2.45, 2.75) is 71.6 Å². The molecule has 184 valence electrons. The number of rotatable bonds is 5. The lowest BCUT2D eigenvalue weighted by Crippen LogP contribution is -2.42. The fraction of sp³-hybridized carbons (Fsp3) is 0.560. The van der Waals surface area contributed by atoms with Gasteiger partial charge in [0.05, 0.1) is 11.2 Å². The predicted molar refractivity (Wildman–Crippen MR) is 127 cm³/mol. The highest BCUT2D eigenvalue weighted by molar-refractivity contribution is 5.95. The minimum absolute atomic E-state index is 0.0595. The number of nitrogens with zero attached hydrogens (tertiary/aromatic N) is 2. The monoisotopic (exact) mass is 473 g/mol. The molecule has 1 aromatic carbocycles. The molecule has 1 saturated heterocycles. The Morgan fingerprint density at radius 3 is 2.50 bits per heavy atom. The number of hydrogen-bond donors (Lipinski definition) is 2. The van der Waals surface area contributed by atoms with Gasteiger partial charge in [0.2, 0.25) is 0 Å². The second kappa shape index (κ2) is 8.60. The molecule has 2 fully saturated rings. The van der Waals surface area contributed by atoms with Gasteiger partial charge in [-0.25, -0.2) is 14.0 Å². The van der Waals surface area contributed by atoms with Crippen LogP contribution in [0.3, 0.4) is 0 Å². The molecular weight excluding hydrogens is 441 g/mol. The van der Waals surface area contributed by atoms with Crippen molar-refractivity contribution < 1.29 is 23.8 Å².